The maximum absolute atomic E-state index is 12.9. The number of piperidine rings is 1. The summed E-state index contributed by atoms with van der Waals surface area (Å²) in [6.45, 7) is 5.57. The zero-order chi connectivity index (χ0) is 19.8. The zero-order valence-electron chi connectivity index (χ0n) is 16.5. The first-order chi connectivity index (χ1) is 13.6. The summed E-state index contributed by atoms with van der Waals surface area (Å²) >= 11 is 0. The number of nitrogens with one attached hydrogen (secondary N) is 2. The fraction of sp³-hybridized carbons (Fsp3) is 0.435. The Kier molecular flexibility index (Phi) is 7.57. The summed E-state index contributed by atoms with van der Waals surface area (Å²) in [5, 5.41) is 6.44. The van der Waals surface area contributed by atoms with E-state index in [4.69, 9.17) is 0 Å². The molecule has 1 heterocycles. The molecule has 28 heavy (non-hydrogen) atoms. The van der Waals surface area contributed by atoms with E-state index in [1.165, 1.54) is 17.7 Å². The van der Waals surface area contributed by atoms with Crippen LogP contribution in [0.1, 0.15) is 30.9 Å². The molecule has 2 aromatic rings. The van der Waals surface area contributed by atoms with Crippen LogP contribution in [0.5, 0.6) is 0 Å². The molecule has 5 heteroatoms. The second-order valence-corrected chi connectivity index (χ2v) is 7.59. The molecule has 2 aromatic carbocycles. The van der Waals surface area contributed by atoms with E-state index in [1.807, 2.05) is 13.0 Å². The maximum atomic E-state index is 12.9. The largest absolute Gasteiger partial charge is 0.354 e. The number of benzene rings is 2. The van der Waals surface area contributed by atoms with Gasteiger partial charge in [-0.2, -0.15) is 0 Å². The highest BCUT2D eigenvalue weighted by molar-refractivity contribution is 5.81. The van der Waals surface area contributed by atoms with Gasteiger partial charge in [0.25, 0.3) is 0 Å². The van der Waals surface area contributed by atoms with E-state index in [-0.39, 0.29) is 17.8 Å². The van der Waals surface area contributed by atoms with Crippen LogP contribution in [0.2, 0.25) is 0 Å². The van der Waals surface area contributed by atoms with Crippen LogP contribution in [0.3, 0.4) is 0 Å². The Hall–Kier alpha value is -2.24. The van der Waals surface area contributed by atoms with Crippen LogP contribution in [-0.4, -0.2) is 42.5 Å². The number of likely N-dealkylation sites (tertiary alicyclic amines) is 1. The topological polar surface area (TPSA) is 44.4 Å². The molecule has 0 aliphatic carbocycles. The molecule has 2 N–H and O–H groups in total. The van der Waals surface area contributed by atoms with Crippen molar-refractivity contribution < 1.29 is 9.18 Å². The van der Waals surface area contributed by atoms with E-state index >= 15 is 0 Å². The molecular weight excluding hydrogens is 353 g/mol. The molecule has 0 saturated carbocycles. The van der Waals surface area contributed by atoms with Gasteiger partial charge in [0.15, 0.2) is 0 Å². The monoisotopic (exact) mass is 383 g/mol. The van der Waals surface area contributed by atoms with Gasteiger partial charge in [0.1, 0.15) is 5.82 Å². The third-order valence-electron chi connectivity index (χ3n) is 5.34. The fourth-order valence-electron chi connectivity index (χ4n) is 3.66. The van der Waals surface area contributed by atoms with Crippen LogP contribution in [-0.2, 0) is 17.8 Å². The van der Waals surface area contributed by atoms with Crippen molar-refractivity contribution in [3.8, 4) is 0 Å². The molecule has 1 amide bonds. The molecule has 0 spiro atoms. The molecule has 1 aliphatic heterocycles. The van der Waals surface area contributed by atoms with E-state index in [0.717, 1.165) is 38.0 Å². The van der Waals surface area contributed by atoms with Crippen molar-refractivity contribution in [3.05, 3.63) is 71.5 Å². The smallest absolute Gasteiger partial charge is 0.236 e. The highest BCUT2D eigenvalue weighted by Gasteiger charge is 2.22. The summed E-state index contributed by atoms with van der Waals surface area (Å²) in [6.07, 6.45) is 2.82. The minimum Gasteiger partial charge on any atom is -0.354 e. The van der Waals surface area contributed by atoms with Gasteiger partial charge in [-0.1, -0.05) is 42.5 Å². The van der Waals surface area contributed by atoms with E-state index in [1.54, 1.807) is 12.1 Å². The third kappa shape index (κ3) is 6.43. The number of hydrogen-bond donors (Lipinski definition) is 2. The van der Waals surface area contributed by atoms with Gasteiger partial charge in [0.2, 0.25) is 5.91 Å². The first-order valence-electron chi connectivity index (χ1n) is 10.1. The summed E-state index contributed by atoms with van der Waals surface area (Å²) in [6, 6.07) is 17.1. The molecule has 1 fully saturated rings. The van der Waals surface area contributed by atoms with Gasteiger partial charge in [-0.3, -0.25) is 9.69 Å². The maximum Gasteiger partial charge on any atom is 0.236 e. The number of halogens is 1. The van der Waals surface area contributed by atoms with Gasteiger partial charge in [-0.25, -0.2) is 4.39 Å². The molecule has 3 rings (SSSR count). The number of carbonyl (C=O) groups excluding carboxylic acids is 1. The van der Waals surface area contributed by atoms with Gasteiger partial charge in [-0.15, -0.1) is 0 Å². The van der Waals surface area contributed by atoms with Crippen molar-refractivity contribution in [2.24, 2.45) is 0 Å². The second kappa shape index (κ2) is 10.3. The highest BCUT2D eigenvalue weighted by atomic mass is 19.1. The molecule has 0 bridgehead atoms. The Morgan fingerprint density at radius 3 is 2.43 bits per heavy atom. The van der Waals surface area contributed by atoms with Crippen molar-refractivity contribution in [2.45, 2.75) is 44.8 Å². The SMILES string of the molecule is C[C@@H](NC1CCN(Cc2ccccc2)CC1)C(=O)NCCc1ccc(F)cc1. The fourth-order valence-corrected chi connectivity index (χ4v) is 3.66. The van der Waals surface area contributed by atoms with Crippen LogP contribution in [0.4, 0.5) is 4.39 Å². The third-order valence-corrected chi connectivity index (χ3v) is 5.34. The lowest BCUT2D eigenvalue weighted by atomic mass is 10.0. The lowest BCUT2D eigenvalue weighted by Gasteiger charge is -2.33. The predicted octanol–water partition coefficient (Wildman–Crippen LogP) is 3.13. The number of nitrogens with zero attached hydrogens (tertiary/aromatic N) is 1. The molecule has 150 valence electrons. The lowest BCUT2D eigenvalue weighted by molar-refractivity contribution is -0.123. The number of amides is 1. The van der Waals surface area contributed by atoms with Gasteiger partial charge in [-0.05, 0) is 62.5 Å². The molecule has 1 saturated heterocycles. The average molecular weight is 384 g/mol. The quantitative estimate of drug-likeness (QED) is 0.736. The van der Waals surface area contributed by atoms with Crippen LogP contribution >= 0.6 is 0 Å². The van der Waals surface area contributed by atoms with Crippen LogP contribution < -0.4 is 10.6 Å². The summed E-state index contributed by atoms with van der Waals surface area (Å²) in [5.74, 6) is -0.214. The van der Waals surface area contributed by atoms with Crippen molar-refractivity contribution in [2.75, 3.05) is 19.6 Å². The minimum atomic E-state index is -0.236. The Labute approximate surface area is 167 Å². The van der Waals surface area contributed by atoms with Gasteiger partial charge < -0.3 is 10.6 Å². The van der Waals surface area contributed by atoms with E-state index < -0.39 is 0 Å². The second-order valence-electron chi connectivity index (χ2n) is 7.59. The minimum absolute atomic E-state index is 0.0221. The summed E-state index contributed by atoms with van der Waals surface area (Å²) in [7, 11) is 0. The predicted molar refractivity (Wildman–Crippen MR) is 110 cm³/mol. The van der Waals surface area contributed by atoms with Gasteiger partial charge >= 0.3 is 0 Å². The number of carbonyl (C=O) groups is 1. The van der Waals surface area contributed by atoms with Crippen molar-refractivity contribution in [1.82, 2.24) is 15.5 Å². The Morgan fingerprint density at radius 2 is 1.75 bits per heavy atom. The average Bonchev–Trinajstić information content (AvgIpc) is 2.71. The molecule has 0 aromatic heterocycles. The van der Waals surface area contributed by atoms with Crippen LogP contribution in [0, 0.1) is 5.82 Å². The molecule has 1 atom stereocenters. The first-order valence-corrected chi connectivity index (χ1v) is 10.1. The van der Waals surface area contributed by atoms with Crippen molar-refractivity contribution in [3.63, 3.8) is 0 Å². The van der Waals surface area contributed by atoms with Crippen LogP contribution in [0.25, 0.3) is 0 Å². The molecular formula is C23H30FN3O. The lowest BCUT2D eigenvalue weighted by Crippen LogP contribution is -2.50. The number of rotatable bonds is 8. The molecule has 0 unspecified atom stereocenters. The molecule has 0 radical (unpaired) electrons. The van der Waals surface area contributed by atoms with Gasteiger partial charge in [0.05, 0.1) is 6.04 Å². The summed E-state index contributed by atoms with van der Waals surface area (Å²) < 4.78 is 12.9. The van der Waals surface area contributed by atoms with E-state index in [0.29, 0.717) is 19.0 Å². The Balaban J connectivity index is 1.33. The van der Waals surface area contributed by atoms with Crippen molar-refractivity contribution in [1.29, 1.82) is 0 Å². The standard InChI is InChI=1S/C23H30FN3O/c1-18(23(28)25-14-11-19-7-9-21(24)10-8-19)26-22-12-15-27(16-13-22)17-20-5-3-2-4-6-20/h2-10,18,22,26H,11-17H2,1H3,(H,25,28)/t18-/m1/s1. The summed E-state index contributed by atoms with van der Waals surface area (Å²) in [5.41, 5.74) is 2.37. The summed E-state index contributed by atoms with van der Waals surface area (Å²) in [4.78, 5) is 14.8. The Bertz CT molecular complexity index is 727. The van der Waals surface area contributed by atoms with E-state index in [9.17, 15) is 9.18 Å². The highest BCUT2D eigenvalue weighted by Crippen LogP contribution is 2.14. The van der Waals surface area contributed by atoms with Gasteiger partial charge in [0, 0.05) is 19.1 Å². The molecule has 4 nitrogen and oxygen atoms in total. The van der Waals surface area contributed by atoms with Crippen LogP contribution in [0.15, 0.2) is 54.6 Å². The number of hydrogen-bond acceptors (Lipinski definition) is 3. The Morgan fingerprint density at radius 1 is 1.07 bits per heavy atom. The van der Waals surface area contributed by atoms with Crippen molar-refractivity contribution >= 4 is 5.91 Å². The first kappa shape index (κ1) is 20.5. The molecule has 1 aliphatic rings. The van der Waals surface area contributed by atoms with E-state index in [2.05, 4.69) is 39.8 Å². The normalized spacial score (nSPS) is 16.6. The zero-order valence-corrected chi connectivity index (χ0v) is 16.5.